The predicted octanol–water partition coefficient (Wildman–Crippen LogP) is 3.04. The molecule has 3 N–H and O–H groups in total. The lowest BCUT2D eigenvalue weighted by atomic mass is 10.1. The Hall–Kier alpha value is -2.14. The minimum absolute atomic E-state index is 0.0887. The van der Waals surface area contributed by atoms with Gasteiger partial charge in [-0.25, -0.2) is 0 Å². The molecule has 2 amide bonds. The van der Waals surface area contributed by atoms with Crippen LogP contribution < -0.4 is 11.1 Å². The number of rotatable bonds is 4. The van der Waals surface area contributed by atoms with E-state index in [9.17, 15) is 9.59 Å². The van der Waals surface area contributed by atoms with E-state index in [1.54, 1.807) is 30.3 Å². The van der Waals surface area contributed by atoms with E-state index in [0.717, 1.165) is 10.0 Å². The first kappa shape index (κ1) is 15.3. The van der Waals surface area contributed by atoms with Gasteiger partial charge in [-0.2, -0.15) is 0 Å². The molecule has 0 radical (unpaired) electrons. The van der Waals surface area contributed by atoms with Crippen molar-refractivity contribution < 1.29 is 9.59 Å². The molecule has 0 aliphatic heterocycles. The second-order valence-electron chi connectivity index (χ2n) is 4.69. The second kappa shape index (κ2) is 6.54. The molecule has 0 heterocycles. The highest BCUT2D eigenvalue weighted by Gasteiger charge is 2.13. The molecule has 0 atom stereocenters. The van der Waals surface area contributed by atoms with E-state index >= 15 is 0 Å². The second-order valence-corrected chi connectivity index (χ2v) is 5.48. The summed E-state index contributed by atoms with van der Waals surface area (Å²) in [5, 5.41) is 2.82. The van der Waals surface area contributed by atoms with E-state index in [2.05, 4.69) is 21.2 Å². The first-order valence-corrected chi connectivity index (χ1v) is 7.21. The van der Waals surface area contributed by atoms with Crippen molar-refractivity contribution in [3.8, 4) is 0 Å². The third-order valence-electron chi connectivity index (χ3n) is 3.07. The van der Waals surface area contributed by atoms with Gasteiger partial charge < -0.3 is 11.1 Å². The highest BCUT2D eigenvalue weighted by atomic mass is 79.9. The number of para-hydroxylation sites is 1. The van der Waals surface area contributed by atoms with Crippen LogP contribution in [0.2, 0.25) is 0 Å². The number of anilines is 1. The maximum atomic E-state index is 12.4. The molecule has 0 fully saturated rings. The monoisotopic (exact) mass is 346 g/mol. The van der Waals surface area contributed by atoms with Crippen molar-refractivity contribution in [2.75, 3.05) is 5.32 Å². The van der Waals surface area contributed by atoms with E-state index in [0.29, 0.717) is 16.8 Å². The SMILES string of the molecule is Cc1cccc(C(=O)Nc2ccccc2CC(N)=O)c1Br. The van der Waals surface area contributed by atoms with Crippen LogP contribution in [0, 0.1) is 6.92 Å². The molecule has 21 heavy (non-hydrogen) atoms. The number of hydrogen-bond acceptors (Lipinski definition) is 2. The van der Waals surface area contributed by atoms with Crippen molar-refractivity contribution in [3.63, 3.8) is 0 Å². The summed E-state index contributed by atoms with van der Waals surface area (Å²) in [5.74, 6) is -0.670. The van der Waals surface area contributed by atoms with Gasteiger partial charge in [-0.1, -0.05) is 30.3 Å². The van der Waals surface area contributed by atoms with Gasteiger partial charge in [-0.15, -0.1) is 0 Å². The van der Waals surface area contributed by atoms with Crippen LogP contribution in [0.15, 0.2) is 46.9 Å². The largest absolute Gasteiger partial charge is 0.369 e. The fourth-order valence-electron chi connectivity index (χ4n) is 2.00. The standard InChI is InChI=1S/C16H15BrN2O2/c1-10-5-4-7-12(15(10)17)16(21)19-13-8-3-2-6-11(13)9-14(18)20/h2-8H,9H2,1H3,(H2,18,20)(H,19,21). The van der Waals surface area contributed by atoms with Crippen LogP contribution in [-0.4, -0.2) is 11.8 Å². The summed E-state index contributed by atoms with van der Waals surface area (Å²) >= 11 is 3.42. The number of amides is 2. The van der Waals surface area contributed by atoms with Gasteiger partial charge in [-0.05, 0) is 46.1 Å². The molecule has 0 saturated carbocycles. The minimum atomic E-state index is -0.437. The first-order valence-electron chi connectivity index (χ1n) is 6.41. The van der Waals surface area contributed by atoms with Gasteiger partial charge in [0.1, 0.15) is 0 Å². The molecule has 2 aromatic rings. The number of aryl methyl sites for hydroxylation is 1. The van der Waals surface area contributed by atoms with Gasteiger partial charge in [0.25, 0.3) is 5.91 Å². The Balaban J connectivity index is 2.28. The smallest absolute Gasteiger partial charge is 0.256 e. The van der Waals surface area contributed by atoms with E-state index < -0.39 is 5.91 Å². The number of nitrogens with two attached hydrogens (primary N) is 1. The van der Waals surface area contributed by atoms with Crippen molar-refractivity contribution in [1.82, 2.24) is 0 Å². The average molecular weight is 347 g/mol. The average Bonchev–Trinajstić information content (AvgIpc) is 2.43. The summed E-state index contributed by atoms with van der Waals surface area (Å²) in [4.78, 5) is 23.4. The number of halogens is 1. The third kappa shape index (κ3) is 3.70. The fraction of sp³-hybridized carbons (Fsp3) is 0.125. The zero-order chi connectivity index (χ0) is 15.4. The molecule has 108 valence electrons. The Bertz CT molecular complexity index is 698. The van der Waals surface area contributed by atoms with Gasteiger partial charge in [0.2, 0.25) is 5.91 Å². The molecule has 2 rings (SSSR count). The highest BCUT2D eigenvalue weighted by molar-refractivity contribution is 9.10. The molecule has 0 saturated heterocycles. The number of hydrogen-bond donors (Lipinski definition) is 2. The Morgan fingerprint density at radius 3 is 2.57 bits per heavy atom. The van der Waals surface area contributed by atoms with Crippen molar-refractivity contribution in [2.45, 2.75) is 13.3 Å². The van der Waals surface area contributed by atoms with Gasteiger partial charge in [0.05, 0.1) is 12.0 Å². The lowest BCUT2D eigenvalue weighted by molar-refractivity contribution is -0.117. The molecule has 0 aliphatic rings. The number of primary amides is 1. The van der Waals surface area contributed by atoms with Crippen molar-refractivity contribution >= 4 is 33.4 Å². The highest BCUT2D eigenvalue weighted by Crippen LogP contribution is 2.23. The molecule has 2 aromatic carbocycles. The van der Waals surface area contributed by atoms with E-state index in [1.807, 2.05) is 19.1 Å². The lowest BCUT2D eigenvalue weighted by Crippen LogP contribution is -2.18. The van der Waals surface area contributed by atoms with Crippen LogP contribution in [-0.2, 0) is 11.2 Å². The fourth-order valence-corrected chi connectivity index (χ4v) is 2.44. The molecule has 0 spiro atoms. The number of nitrogens with one attached hydrogen (secondary N) is 1. The summed E-state index contributed by atoms with van der Waals surface area (Å²) < 4.78 is 0.759. The topological polar surface area (TPSA) is 72.2 Å². The van der Waals surface area contributed by atoms with Crippen molar-refractivity contribution in [3.05, 3.63) is 63.6 Å². The Kier molecular flexibility index (Phi) is 4.75. The molecular weight excluding hydrogens is 332 g/mol. The van der Waals surface area contributed by atoms with E-state index in [1.165, 1.54) is 0 Å². The molecule has 0 bridgehead atoms. The summed E-state index contributed by atoms with van der Waals surface area (Å²) in [6.07, 6.45) is 0.0887. The van der Waals surface area contributed by atoms with Crippen LogP contribution in [0.4, 0.5) is 5.69 Å². The van der Waals surface area contributed by atoms with Gasteiger partial charge >= 0.3 is 0 Å². The van der Waals surface area contributed by atoms with Crippen LogP contribution in [0.3, 0.4) is 0 Å². The van der Waals surface area contributed by atoms with E-state index in [4.69, 9.17) is 5.73 Å². The van der Waals surface area contributed by atoms with E-state index in [-0.39, 0.29) is 12.3 Å². The quantitative estimate of drug-likeness (QED) is 0.892. The maximum Gasteiger partial charge on any atom is 0.256 e. The van der Waals surface area contributed by atoms with Crippen LogP contribution in [0.5, 0.6) is 0 Å². The Morgan fingerprint density at radius 2 is 1.86 bits per heavy atom. The summed E-state index contributed by atoms with van der Waals surface area (Å²) in [5.41, 5.74) is 8.03. The first-order chi connectivity index (χ1) is 9.99. The lowest BCUT2D eigenvalue weighted by Gasteiger charge is -2.11. The zero-order valence-electron chi connectivity index (χ0n) is 11.5. The summed E-state index contributed by atoms with van der Waals surface area (Å²) in [7, 11) is 0. The molecule has 4 nitrogen and oxygen atoms in total. The minimum Gasteiger partial charge on any atom is -0.369 e. The maximum absolute atomic E-state index is 12.4. The Labute approximate surface area is 131 Å². The van der Waals surface area contributed by atoms with Gasteiger partial charge in [0.15, 0.2) is 0 Å². The normalized spacial score (nSPS) is 10.2. The third-order valence-corrected chi connectivity index (χ3v) is 4.12. The zero-order valence-corrected chi connectivity index (χ0v) is 13.1. The van der Waals surface area contributed by atoms with Crippen molar-refractivity contribution in [1.29, 1.82) is 0 Å². The molecular formula is C16H15BrN2O2. The van der Waals surface area contributed by atoms with Crippen LogP contribution in [0.25, 0.3) is 0 Å². The summed E-state index contributed by atoms with van der Waals surface area (Å²) in [6, 6.07) is 12.6. The van der Waals surface area contributed by atoms with Crippen LogP contribution >= 0.6 is 15.9 Å². The number of benzene rings is 2. The van der Waals surface area contributed by atoms with Gasteiger partial charge in [-0.3, -0.25) is 9.59 Å². The van der Waals surface area contributed by atoms with Crippen molar-refractivity contribution in [2.24, 2.45) is 5.73 Å². The number of carbonyl (C=O) groups excluding carboxylic acids is 2. The number of carbonyl (C=O) groups is 2. The molecule has 0 aliphatic carbocycles. The Morgan fingerprint density at radius 1 is 1.14 bits per heavy atom. The molecule has 0 aromatic heterocycles. The van der Waals surface area contributed by atoms with Gasteiger partial charge in [0, 0.05) is 10.2 Å². The summed E-state index contributed by atoms with van der Waals surface area (Å²) in [6.45, 7) is 1.92. The molecule has 5 heteroatoms. The van der Waals surface area contributed by atoms with Crippen LogP contribution in [0.1, 0.15) is 21.5 Å². The molecule has 0 unspecified atom stereocenters. The predicted molar refractivity (Wildman–Crippen MR) is 86.2 cm³/mol.